The van der Waals surface area contributed by atoms with E-state index in [9.17, 15) is 50.4 Å². The number of carboxylic acids is 1. The molecular weight excluding hydrogens is 557 g/mol. The Labute approximate surface area is 233 Å². The first-order valence-electron chi connectivity index (χ1n) is 12.7. The van der Waals surface area contributed by atoms with Gasteiger partial charge in [0.1, 0.15) is 48.2 Å². The third kappa shape index (κ3) is 6.71. The number of benzene rings is 1. The van der Waals surface area contributed by atoms with Crippen molar-refractivity contribution in [2.24, 2.45) is 5.92 Å². The minimum Gasteiger partial charge on any atom is -0.497 e. The third-order valence-corrected chi connectivity index (χ3v) is 7.31. The first-order valence-corrected chi connectivity index (χ1v) is 12.7. The number of carbonyl (C=O) groups excluding carboxylic acids is 1. The highest BCUT2D eigenvalue weighted by molar-refractivity contribution is 5.79. The van der Waals surface area contributed by atoms with E-state index in [-0.39, 0.29) is 5.75 Å². The standard InChI is InChI=1S/C25H36FNO14/c1-10(30)27-17-13(31)7-25(24(36)37,41-21(17)18(33)14(32)8-28)22(26)16-19(34)15(9-29)40-23(20(16)35)39-12-5-3-11(38-2)4-6-12/h3-6,13-23,28-29,31-35H,7-9H2,1-2H3,(H,27,30)(H,36,37)/t13-,14+,15+,16-,17+,18+,19-,20+,21+,22+,23+,25-/m0/s1. The number of aliphatic carboxylic acids is 1. The number of hydrogen-bond acceptors (Lipinski definition) is 13. The molecule has 12 atom stereocenters. The minimum atomic E-state index is -3.08. The van der Waals surface area contributed by atoms with Crippen molar-refractivity contribution in [1.29, 1.82) is 0 Å². The Morgan fingerprint density at radius 3 is 2.24 bits per heavy atom. The second kappa shape index (κ2) is 13.5. The Balaban J connectivity index is 2.00. The maximum Gasteiger partial charge on any atom is 0.339 e. The molecule has 3 rings (SSSR count). The average molecular weight is 594 g/mol. The molecule has 16 heteroatoms. The van der Waals surface area contributed by atoms with Crippen molar-refractivity contribution in [3.8, 4) is 11.5 Å². The number of carboxylic acid groups (broad SMARTS) is 1. The van der Waals surface area contributed by atoms with Gasteiger partial charge in [0.2, 0.25) is 12.2 Å². The Morgan fingerprint density at radius 1 is 1.12 bits per heavy atom. The Kier molecular flexibility index (Phi) is 10.8. The van der Waals surface area contributed by atoms with Crippen LogP contribution in [0, 0.1) is 5.92 Å². The van der Waals surface area contributed by atoms with Crippen LogP contribution in [0.1, 0.15) is 13.3 Å². The van der Waals surface area contributed by atoms with Crippen LogP contribution in [0.15, 0.2) is 24.3 Å². The molecule has 0 aliphatic carbocycles. The molecule has 1 aromatic carbocycles. The summed E-state index contributed by atoms with van der Waals surface area (Å²) in [6, 6.07) is 4.31. The van der Waals surface area contributed by atoms with Crippen LogP contribution < -0.4 is 14.8 Å². The normalized spacial score (nSPS) is 36.0. The number of ether oxygens (including phenoxy) is 4. The molecule has 0 unspecified atom stereocenters. The fraction of sp³-hybridized carbons (Fsp3) is 0.680. The Hall–Kier alpha value is -2.67. The van der Waals surface area contributed by atoms with Gasteiger partial charge in [0.25, 0.3) is 0 Å². The summed E-state index contributed by atoms with van der Waals surface area (Å²) in [5, 5.41) is 84.8. The van der Waals surface area contributed by atoms with Gasteiger partial charge in [-0.2, -0.15) is 0 Å². The van der Waals surface area contributed by atoms with Crippen molar-refractivity contribution in [2.75, 3.05) is 20.3 Å². The molecule has 0 radical (unpaired) electrons. The van der Waals surface area contributed by atoms with E-state index >= 15 is 4.39 Å². The number of nitrogens with one attached hydrogen (secondary N) is 1. The molecule has 2 aliphatic rings. The van der Waals surface area contributed by atoms with Gasteiger partial charge >= 0.3 is 5.97 Å². The molecule has 2 heterocycles. The summed E-state index contributed by atoms with van der Waals surface area (Å²) in [6.07, 6.45) is -19.2. The zero-order chi connectivity index (χ0) is 30.6. The smallest absolute Gasteiger partial charge is 0.339 e. The minimum absolute atomic E-state index is 0.105. The molecular formula is C25H36FNO14. The molecule has 0 bridgehead atoms. The van der Waals surface area contributed by atoms with Gasteiger partial charge in [-0.25, -0.2) is 9.18 Å². The van der Waals surface area contributed by atoms with Gasteiger partial charge < -0.3 is 65.1 Å². The number of alkyl halides is 1. The van der Waals surface area contributed by atoms with Crippen LogP contribution in [0.4, 0.5) is 4.39 Å². The molecule has 9 N–H and O–H groups in total. The van der Waals surface area contributed by atoms with Gasteiger partial charge in [-0.3, -0.25) is 4.79 Å². The molecule has 232 valence electrons. The number of halogens is 1. The molecule has 0 aromatic heterocycles. The lowest BCUT2D eigenvalue weighted by atomic mass is 9.73. The van der Waals surface area contributed by atoms with Crippen molar-refractivity contribution >= 4 is 11.9 Å². The average Bonchev–Trinajstić information content (AvgIpc) is 2.94. The maximum atomic E-state index is 16.6. The number of methoxy groups -OCH3 is 1. The fourth-order valence-corrected chi connectivity index (χ4v) is 5.13. The Morgan fingerprint density at radius 2 is 1.73 bits per heavy atom. The molecule has 15 nitrogen and oxygen atoms in total. The summed E-state index contributed by atoms with van der Waals surface area (Å²) < 4.78 is 38.1. The van der Waals surface area contributed by atoms with E-state index in [1.807, 2.05) is 0 Å². The zero-order valence-corrected chi connectivity index (χ0v) is 22.2. The fourth-order valence-electron chi connectivity index (χ4n) is 5.13. The predicted octanol–water partition coefficient (Wildman–Crippen LogP) is -3.34. The van der Waals surface area contributed by atoms with Crippen LogP contribution >= 0.6 is 0 Å². The van der Waals surface area contributed by atoms with Crippen LogP contribution in [-0.2, 0) is 19.1 Å². The van der Waals surface area contributed by atoms with E-state index in [1.165, 1.54) is 31.4 Å². The lowest BCUT2D eigenvalue weighted by molar-refractivity contribution is -0.296. The summed E-state index contributed by atoms with van der Waals surface area (Å²) in [5.74, 6) is -4.25. The molecule has 41 heavy (non-hydrogen) atoms. The van der Waals surface area contributed by atoms with Gasteiger partial charge in [-0.1, -0.05) is 0 Å². The molecule has 1 amide bonds. The van der Waals surface area contributed by atoms with Crippen LogP contribution in [0.3, 0.4) is 0 Å². The molecule has 1 aromatic rings. The number of carbonyl (C=O) groups is 2. The summed E-state index contributed by atoms with van der Waals surface area (Å²) >= 11 is 0. The summed E-state index contributed by atoms with van der Waals surface area (Å²) in [7, 11) is 1.43. The largest absolute Gasteiger partial charge is 0.497 e. The van der Waals surface area contributed by atoms with Crippen LogP contribution in [-0.4, -0.2) is 140 Å². The number of aliphatic hydroxyl groups excluding tert-OH is 7. The first-order chi connectivity index (χ1) is 19.3. The van der Waals surface area contributed by atoms with Crippen LogP contribution in [0.5, 0.6) is 11.5 Å². The van der Waals surface area contributed by atoms with Crippen LogP contribution in [0.25, 0.3) is 0 Å². The van der Waals surface area contributed by atoms with Gasteiger partial charge in [0, 0.05) is 13.3 Å². The highest BCUT2D eigenvalue weighted by atomic mass is 19.1. The number of amides is 1. The number of aliphatic hydroxyl groups is 7. The molecule has 2 fully saturated rings. The highest BCUT2D eigenvalue weighted by Gasteiger charge is 2.64. The molecule has 2 saturated heterocycles. The van der Waals surface area contributed by atoms with Crippen LogP contribution in [0.2, 0.25) is 0 Å². The summed E-state index contributed by atoms with van der Waals surface area (Å²) in [6.45, 7) is -0.886. The van der Waals surface area contributed by atoms with E-state index < -0.39 is 104 Å². The van der Waals surface area contributed by atoms with Gasteiger partial charge in [0.05, 0.1) is 44.5 Å². The van der Waals surface area contributed by atoms with Gasteiger partial charge in [0.15, 0.2) is 5.60 Å². The van der Waals surface area contributed by atoms with E-state index in [0.29, 0.717) is 5.75 Å². The number of rotatable bonds is 11. The maximum absolute atomic E-state index is 16.6. The summed E-state index contributed by atoms with van der Waals surface area (Å²) in [4.78, 5) is 24.3. The van der Waals surface area contributed by atoms with Crippen molar-refractivity contribution in [3.63, 3.8) is 0 Å². The first kappa shape index (κ1) is 32.8. The SMILES string of the molecule is COc1ccc(O[C@@H]2O[C@H](CO)[C@H](O)[C@H]([C@@H](F)[C@]3(C(=O)O)C[C@H](O)[C@@H](NC(C)=O)[C@H]([C@H](O)[C@H](O)CO)O3)[C@H]2O)cc1. The predicted molar refractivity (Wildman–Crippen MR) is 132 cm³/mol. The van der Waals surface area contributed by atoms with E-state index in [4.69, 9.17) is 18.9 Å². The van der Waals surface area contributed by atoms with E-state index in [2.05, 4.69) is 5.32 Å². The quantitative estimate of drug-likeness (QED) is 0.122. The van der Waals surface area contributed by atoms with Gasteiger partial charge in [-0.15, -0.1) is 0 Å². The van der Waals surface area contributed by atoms with Crippen molar-refractivity contribution in [2.45, 2.75) is 80.2 Å². The second-order valence-electron chi connectivity index (χ2n) is 9.99. The molecule has 0 saturated carbocycles. The molecule has 0 spiro atoms. The second-order valence-corrected chi connectivity index (χ2v) is 9.99. The monoisotopic (exact) mass is 593 g/mol. The number of hydrogen-bond donors (Lipinski definition) is 9. The van der Waals surface area contributed by atoms with Crippen molar-refractivity contribution < 1.29 is 73.8 Å². The van der Waals surface area contributed by atoms with Gasteiger partial charge in [-0.05, 0) is 24.3 Å². The summed E-state index contributed by atoms with van der Waals surface area (Å²) in [5.41, 5.74) is -3.08. The zero-order valence-electron chi connectivity index (χ0n) is 22.2. The van der Waals surface area contributed by atoms with E-state index in [0.717, 1.165) is 6.92 Å². The van der Waals surface area contributed by atoms with Crippen molar-refractivity contribution in [1.82, 2.24) is 5.32 Å². The lowest BCUT2D eigenvalue weighted by Gasteiger charge is -2.51. The lowest BCUT2D eigenvalue weighted by Crippen LogP contribution is -2.72. The molecule has 2 aliphatic heterocycles. The third-order valence-electron chi connectivity index (χ3n) is 7.31. The van der Waals surface area contributed by atoms with E-state index in [1.54, 1.807) is 0 Å². The Bertz CT molecular complexity index is 1030. The topological polar surface area (TPSA) is 245 Å². The van der Waals surface area contributed by atoms with Crippen molar-refractivity contribution in [3.05, 3.63) is 24.3 Å². The highest BCUT2D eigenvalue weighted by Crippen LogP contribution is 2.43.